The largest absolute Gasteiger partial charge is 0.486 e. The van der Waals surface area contributed by atoms with Crippen LogP contribution >= 0.6 is 0 Å². The molecule has 0 aliphatic carbocycles. The molecule has 5 heteroatoms. The van der Waals surface area contributed by atoms with E-state index in [1.54, 1.807) is 19.1 Å². The fourth-order valence-corrected chi connectivity index (χ4v) is 1.67. The molecule has 1 unspecified atom stereocenters. The predicted molar refractivity (Wildman–Crippen MR) is 56.7 cm³/mol. The van der Waals surface area contributed by atoms with E-state index in [9.17, 15) is 4.79 Å². The van der Waals surface area contributed by atoms with E-state index in [4.69, 9.17) is 20.3 Å². The van der Waals surface area contributed by atoms with Crippen molar-refractivity contribution in [1.29, 1.82) is 0 Å². The van der Waals surface area contributed by atoms with Crippen molar-refractivity contribution in [3.63, 3.8) is 0 Å². The molecule has 0 aromatic heterocycles. The highest BCUT2D eigenvalue weighted by Gasteiger charge is 2.21. The molecule has 3 N–H and O–H groups in total. The van der Waals surface area contributed by atoms with Crippen LogP contribution in [0.15, 0.2) is 12.1 Å². The number of ether oxygens (including phenoxy) is 2. The number of aliphatic carboxylic acids is 1. The van der Waals surface area contributed by atoms with Crippen molar-refractivity contribution in [1.82, 2.24) is 0 Å². The highest BCUT2D eigenvalue weighted by atomic mass is 16.6. The van der Waals surface area contributed by atoms with Crippen molar-refractivity contribution in [3.05, 3.63) is 23.3 Å². The summed E-state index contributed by atoms with van der Waals surface area (Å²) in [5.74, 6) is 0.147. The van der Waals surface area contributed by atoms with Crippen LogP contribution in [0.25, 0.3) is 0 Å². The van der Waals surface area contributed by atoms with Crippen LogP contribution in [0.3, 0.4) is 0 Å². The van der Waals surface area contributed by atoms with Gasteiger partial charge in [-0.3, -0.25) is 4.79 Å². The SMILES string of the molecule is Cc1cc2c(cc1C(N)C(=O)O)OCCO2. The minimum absolute atomic E-state index is 0.470. The number of carbonyl (C=O) groups is 1. The Morgan fingerprint density at radius 2 is 1.94 bits per heavy atom. The molecule has 1 aromatic carbocycles. The number of benzene rings is 1. The average Bonchev–Trinajstić information content (AvgIpc) is 2.27. The highest BCUT2D eigenvalue weighted by molar-refractivity contribution is 5.76. The quantitative estimate of drug-likeness (QED) is 0.776. The molecule has 1 heterocycles. The van der Waals surface area contributed by atoms with Crippen LogP contribution < -0.4 is 15.2 Å². The van der Waals surface area contributed by atoms with Gasteiger partial charge in [-0.25, -0.2) is 0 Å². The van der Waals surface area contributed by atoms with Crippen molar-refractivity contribution >= 4 is 5.97 Å². The van der Waals surface area contributed by atoms with E-state index in [2.05, 4.69) is 0 Å². The van der Waals surface area contributed by atoms with Crippen LogP contribution in [0.1, 0.15) is 17.2 Å². The molecule has 86 valence electrons. The third-order valence-electron chi connectivity index (χ3n) is 2.53. The first kappa shape index (κ1) is 10.8. The summed E-state index contributed by atoms with van der Waals surface area (Å²) < 4.78 is 10.8. The van der Waals surface area contributed by atoms with Gasteiger partial charge in [0.05, 0.1) is 0 Å². The molecule has 0 radical (unpaired) electrons. The minimum Gasteiger partial charge on any atom is -0.486 e. The summed E-state index contributed by atoms with van der Waals surface area (Å²) in [6, 6.07) is 2.37. The lowest BCUT2D eigenvalue weighted by molar-refractivity contribution is -0.138. The number of hydrogen-bond acceptors (Lipinski definition) is 4. The normalized spacial score (nSPS) is 15.6. The van der Waals surface area contributed by atoms with E-state index in [1.165, 1.54) is 0 Å². The fraction of sp³-hybridized carbons (Fsp3) is 0.364. The molecule has 0 bridgehead atoms. The topological polar surface area (TPSA) is 81.8 Å². The second-order valence-electron chi connectivity index (χ2n) is 3.67. The number of nitrogens with two attached hydrogens (primary N) is 1. The summed E-state index contributed by atoms with van der Waals surface area (Å²) in [4.78, 5) is 10.8. The third-order valence-corrected chi connectivity index (χ3v) is 2.53. The summed E-state index contributed by atoms with van der Waals surface area (Å²) in [6.07, 6.45) is 0. The Bertz CT molecular complexity index is 430. The Labute approximate surface area is 92.8 Å². The van der Waals surface area contributed by atoms with Gasteiger partial charge < -0.3 is 20.3 Å². The molecule has 1 aliphatic heterocycles. The standard InChI is InChI=1S/C11H13NO4/c1-6-4-8-9(16-3-2-15-8)5-7(6)10(12)11(13)14/h4-5,10H,2-3,12H2,1H3,(H,13,14). The Morgan fingerprint density at radius 3 is 2.50 bits per heavy atom. The van der Waals surface area contributed by atoms with Crippen LogP contribution in [-0.2, 0) is 4.79 Å². The summed E-state index contributed by atoms with van der Waals surface area (Å²) in [7, 11) is 0. The van der Waals surface area contributed by atoms with Gasteiger partial charge in [0, 0.05) is 0 Å². The monoisotopic (exact) mass is 223 g/mol. The van der Waals surface area contributed by atoms with Gasteiger partial charge in [-0.15, -0.1) is 0 Å². The van der Waals surface area contributed by atoms with E-state index >= 15 is 0 Å². The zero-order valence-corrected chi connectivity index (χ0v) is 8.90. The maximum atomic E-state index is 10.8. The lowest BCUT2D eigenvalue weighted by Crippen LogP contribution is -2.22. The summed E-state index contributed by atoms with van der Waals surface area (Å²) in [5, 5.41) is 8.87. The first-order chi connectivity index (χ1) is 7.59. The number of aryl methyl sites for hydroxylation is 1. The van der Waals surface area contributed by atoms with Crippen LogP contribution in [-0.4, -0.2) is 24.3 Å². The van der Waals surface area contributed by atoms with E-state index < -0.39 is 12.0 Å². The fourth-order valence-electron chi connectivity index (χ4n) is 1.67. The molecule has 5 nitrogen and oxygen atoms in total. The number of hydrogen-bond donors (Lipinski definition) is 2. The number of fused-ring (bicyclic) bond motifs is 1. The average molecular weight is 223 g/mol. The zero-order chi connectivity index (χ0) is 11.7. The van der Waals surface area contributed by atoms with Crippen LogP contribution in [0, 0.1) is 6.92 Å². The Kier molecular flexibility index (Phi) is 2.70. The number of carboxylic acids is 1. The Morgan fingerprint density at radius 1 is 1.38 bits per heavy atom. The minimum atomic E-state index is -1.06. The smallest absolute Gasteiger partial charge is 0.325 e. The second kappa shape index (κ2) is 4.02. The lowest BCUT2D eigenvalue weighted by atomic mass is 10.0. The van der Waals surface area contributed by atoms with Crippen LogP contribution in [0.5, 0.6) is 11.5 Å². The molecule has 1 aliphatic rings. The Balaban J connectivity index is 2.43. The van der Waals surface area contributed by atoms with Crippen molar-refractivity contribution in [2.45, 2.75) is 13.0 Å². The molecule has 0 fully saturated rings. The van der Waals surface area contributed by atoms with Gasteiger partial charge in [0.1, 0.15) is 19.3 Å². The van der Waals surface area contributed by atoms with Gasteiger partial charge >= 0.3 is 5.97 Å². The van der Waals surface area contributed by atoms with E-state index in [0.29, 0.717) is 30.3 Å². The van der Waals surface area contributed by atoms with Gasteiger partial charge in [-0.2, -0.15) is 0 Å². The first-order valence-corrected chi connectivity index (χ1v) is 4.98. The molecule has 16 heavy (non-hydrogen) atoms. The van der Waals surface area contributed by atoms with E-state index in [0.717, 1.165) is 5.56 Å². The summed E-state index contributed by atoms with van der Waals surface area (Å²) in [6.45, 7) is 2.78. The lowest BCUT2D eigenvalue weighted by Gasteiger charge is -2.21. The van der Waals surface area contributed by atoms with Gasteiger partial charge in [0.15, 0.2) is 11.5 Å². The van der Waals surface area contributed by atoms with Gasteiger partial charge in [0.2, 0.25) is 0 Å². The van der Waals surface area contributed by atoms with Crippen molar-refractivity contribution < 1.29 is 19.4 Å². The van der Waals surface area contributed by atoms with Crippen molar-refractivity contribution in [3.8, 4) is 11.5 Å². The highest BCUT2D eigenvalue weighted by Crippen LogP contribution is 2.34. The Hall–Kier alpha value is -1.75. The third kappa shape index (κ3) is 1.81. The molecule has 1 aromatic rings. The van der Waals surface area contributed by atoms with Crippen LogP contribution in [0.4, 0.5) is 0 Å². The maximum absolute atomic E-state index is 10.8. The summed E-state index contributed by atoms with van der Waals surface area (Å²) in [5.41, 5.74) is 6.92. The molecule has 0 spiro atoms. The molecular weight excluding hydrogens is 210 g/mol. The number of rotatable bonds is 2. The molecule has 0 amide bonds. The first-order valence-electron chi connectivity index (χ1n) is 4.98. The molecule has 1 atom stereocenters. The van der Waals surface area contributed by atoms with Gasteiger partial charge in [-0.1, -0.05) is 0 Å². The predicted octanol–water partition coefficient (Wildman–Crippen LogP) is 0.851. The molecule has 0 saturated carbocycles. The van der Waals surface area contributed by atoms with Crippen molar-refractivity contribution in [2.75, 3.05) is 13.2 Å². The van der Waals surface area contributed by atoms with E-state index in [1.807, 2.05) is 0 Å². The second-order valence-corrected chi connectivity index (χ2v) is 3.67. The molecular formula is C11H13NO4. The molecule has 0 saturated heterocycles. The molecule has 2 rings (SSSR count). The summed E-state index contributed by atoms with van der Waals surface area (Å²) >= 11 is 0. The van der Waals surface area contributed by atoms with Gasteiger partial charge in [0.25, 0.3) is 0 Å². The number of carboxylic acid groups (broad SMARTS) is 1. The van der Waals surface area contributed by atoms with E-state index in [-0.39, 0.29) is 0 Å². The zero-order valence-electron chi connectivity index (χ0n) is 8.90. The van der Waals surface area contributed by atoms with Crippen LogP contribution in [0.2, 0.25) is 0 Å². The maximum Gasteiger partial charge on any atom is 0.325 e. The van der Waals surface area contributed by atoms with Crippen molar-refractivity contribution in [2.24, 2.45) is 5.73 Å². The van der Waals surface area contributed by atoms with Gasteiger partial charge in [-0.05, 0) is 30.2 Å².